The van der Waals surface area contributed by atoms with Gasteiger partial charge < -0.3 is 14.8 Å². The number of amides is 1. The number of oxazole rings is 1. The van der Waals surface area contributed by atoms with E-state index in [1.165, 1.54) is 6.39 Å². The van der Waals surface area contributed by atoms with Gasteiger partial charge in [0.1, 0.15) is 5.76 Å². The number of nitrogens with one attached hydrogen (secondary N) is 1. The highest BCUT2D eigenvalue weighted by Gasteiger charge is 2.36. The van der Waals surface area contributed by atoms with Crippen LogP contribution in [0.15, 0.2) is 47.3 Å². The number of aliphatic hydroxyl groups excluding tert-OH is 1. The van der Waals surface area contributed by atoms with Crippen LogP contribution in [0.2, 0.25) is 0 Å². The van der Waals surface area contributed by atoms with Gasteiger partial charge in [0.2, 0.25) is 0 Å². The number of fused-ring (bicyclic) bond motifs is 1. The number of pyridine rings is 1. The second kappa shape index (κ2) is 6.29. The average Bonchev–Trinajstić information content (AvgIpc) is 3.03. The second-order valence-corrected chi connectivity index (χ2v) is 6.55. The molecule has 1 aliphatic rings. The molecule has 3 aromatic rings. The molecule has 1 aromatic carbocycles. The van der Waals surface area contributed by atoms with Gasteiger partial charge >= 0.3 is 0 Å². The highest BCUT2D eigenvalue weighted by atomic mass is 16.3. The number of carbonyl (C=O) groups is 1. The van der Waals surface area contributed by atoms with Gasteiger partial charge in [-0.2, -0.15) is 0 Å². The molecule has 6 nitrogen and oxygen atoms in total. The summed E-state index contributed by atoms with van der Waals surface area (Å²) < 4.78 is 5.12. The van der Waals surface area contributed by atoms with Crippen LogP contribution in [-0.4, -0.2) is 27.1 Å². The Kier molecular flexibility index (Phi) is 3.97. The van der Waals surface area contributed by atoms with E-state index in [4.69, 9.17) is 4.42 Å². The van der Waals surface area contributed by atoms with Crippen molar-refractivity contribution in [3.63, 3.8) is 0 Å². The molecule has 2 N–H and O–H groups in total. The first-order valence-electron chi connectivity index (χ1n) is 8.35. The largest absolute Gasteiger partial charge is 0.448 e. The van der Waals surface area contributed by atoms with Crippen LogP contribution in [-0.2, 0) is 0 Å². The number of benzene rings is 1. The van der Waals surface area contributed by atoms with E-state index >= 15 is 0 Å². The molecule has 0 aliphatic heterocycles. The fourth-order valence-corrected chi connectivity index (χ4v) is 3.37. The zero-order chi connectivity index (χ0) is 17.4. The highest BCUT2D eigenvalue weighted by molar-refractivity contribution is 5.93. The van der Waals surface area contributed by atoms with Gasteiger partial charge in [0.15, 0.2) is 12.1 Å². The normalized spacial score (nSPS) is 20.9. The van der Waals surface area contributed by atoms with Crippen molar-refractivity contribution < 1.29 is 14.3 Å². The van der Waals surface area contributed by atoms with Crippen molar-refractivity contribution in [1.82, 2.24) is 15.3 Å². The minimum Gasteiger partial charge on any atom is -0.448 e. The standard InChI is InChI=1S/C19H19N3O3/c1-11-17(21-10-25-11)19(24)22-18(13-7-15(23)8-13)14-6-12-4-2-3-5-16(12)20-9-14/h2-6,9-10,13,15,18,23H,7-8H2,1H3,(H,22,24)/t13?,15?,18-/m0/s1. The molecule has 0 radical (unpaired) electrons. The maximum atomic E-state index is 12.6. The van der Waals surface area contributed by atoms with E-state index < -0.39 is 0 Å². The second-order valence-electron chi connectivity index (χ2n) is 6.55. The highest BCUT2D eigenvalue weighted by Crippen LogP contribution is 2.38. The van der Waals surface area contributed by atoms with Gasteiger partial charge in [-0.15, -0.1) is 0 Å². The molecular formula is C19H19N3O3. The third-order valence-corrected chi connectivity index (χ3v) is 4.84. The molecule has 1 atom stereocenters. The van der Waals surface area contributed by atoms with Crippen LogP contribution < -0.4 is 5.32 Å². The third-order valence-electron chi connectivity index (χ3n) is 4.84. The van der Waals surface area contributed by atoms with Crippen LogP contribution in [0.3, 0.4) is 0 Å². The molecule has 0 spiro atoms. The maximum Gasteiger partial charge on any atom is 0.274 e. The number of para-hydroxylation sites is 1. The Labute approximate surface area is 144 Å². The minimum atomic E-state index is -0.299. The van der Waals surface area contributed by atoms with Gasteiger partial charge in [0.05, 0.1) is 17.7 Å². The van der Waals surface area contributed by atoms with Crippen LogP contribution in [0, 0.1) is 12.8 Å². The van der Waals surface area contributed by atoms with Crippen molar-refractivity contribution >= 4 is 16.8 Å². The van der Waals surface area contributed by atoms with Gasteiger partial charge in [-0.05, 0) is 43.4 Å². The summed E-state index contributed by atoms with van der Waals surface area (Å²) in [6.45, 7) is 1.71. The third kappa shape index (κ3) is 3.00. The van der Waals surface area contributed by atoms with E-state index in [9.17, 15) is 9.90 Å². The first kappa shape index (κ1) is 15.8. The van der Waals surface area contributed by atoms with Gasteiger partial charge in [0, 0.05) is 11.6 Å². The van der Waals surface area contributed by atoms with E-state index in [2.05, 4.69) is 15.3 Å². The Hall–Kier alpha value is -2.73. The van der Waals surface area contributed by atoms with Crippen molar-refractivity contribution in [3.8, 4) is 0 Å². The Morgan fingerprint density at radius 2 is 2.12 bits per heavy atom. The molecule has 0 saturated heterocycles. The van der Waals surface area contributed by atoms with Crippen molar-refractivity contribution in [3.05, 3.63) is 59.9 Å². The summed E-state index contributed by atoms with van der Waals surface area (Å²) in [4.78, 5) is 21.1. The molecular weight excluding hydrogens is 318 g/mol. The predicted octanol–water partition coefficient (Wildman–Crippen LogP) is 2.77. The van der Waals surface area contributed by atoms with E-state index in [0.29, 0.717) is 24.3 Å². The Bertz CT molecular complexity index is 915. The summed E-state index contributed by atoms with van der Waals surface area (Å²) in [6, 6.07) is 9.70. The molecule has 25 heavy (non-hydrogen) atoms. The number of aryl methyl sites for hydroxylation is 1. The van der Waals surface area contributed by atoms with Crippen LogP contribution >= 0.6 is 0 Å². The summed E-state index contributed by atoms with van der Waals surface area (Å²) in [7, 11) is 0. The first-order chi connectivity index (χ1) is 12.1. The molecule has 0 bridgehead atoms. The van der Waals surface area contributed by atoms with Gasteiger partial charge in [-0.1, -0.05) is 18.2 Å². The lowest BCUT2D eigenvalue weighted by Gasteiger charge is -2.38. The summed E-state index contributed by atoms with van der Waals surface area (Å²) in [5.74, 6) is 0.390. The molecule has 6 heteroatoms. The summed E-state index contributed by atoms with van der Waals surface area (Å²) >= 11 is 0. The van der Waals surface area contributed by atoms with Gasteiger partial charge in [-0.25, -0.2) is 4.98 Å². The minimum absolute atomic E-state index is 0.175. The van der Waals surface area contributed by atoms with Crippen molar-refractivity contribution in [2.45, 2.75) is 31.9 Å². The number of carbonyl (C=O) groups excluding carboxylic acids is 1. The fourth-order valence-electron chi connectivity index (χ4n) is 3.37. The quantitative estimate of drug-likeness (QED) is 0.764. The maximum absolute atomic E-state index is 12.6. The smallest absolute Gasteiger partial charge is 0.274 e. The first-order valence-corrected chi connectivity index (χ1v) is 8.35. The summed E-state index contributed by atoms with van der Waals surface area (Å²) in [6.07, 6.45) is 4.09. The summed E-state index contributed by atoms with van der Waals surface area (Å²) in [5.41, 5.74) is 2.14. The zero-order valence-electron chi connectivity index (χ0n) is 13.8. The molecule has 1 saturated carbocycles. The van der Waals surface area contributed by atoms with Crippen LogP contribution in [0.1, 0.15) is 40.7 Å². The van der Waals surface area contributed by atoms with Crippen molar-refractivity contribution in [2.24, 2.45) is 5.92 Å². The number of aliphatic hydroxyl groups is 1. The van der Waals surface area contributed by atoms with Crippen LogP contribution in [0.25, 0.3) is 10.9 Å². The lowest BCUT2D eigenvalue weighted by atomic mass is 9.75. The monoisotopic (exact) mass is 337 g/mol. The topological polar surface area (TPSA) is 88.3 Å². The molecule has 2 aromatic heterocycles. The van der Waals surface area contributed by atoms with E-state index in [1.807, 2.05) is 30.3 Å². The lowest BCUT2D eigenvalue weighted by Crippen LogP contribution is -2.41. The average molecular weight is 337 g/mol. The lowest BCUT2D eigenvalue weighted by molar-refractivity contribution is 0.0234. The van der Waals surface area contributed by atoms with Crippen LogP contribution in [0.4, 0.5) is 0 Å². The number of hydrogen-bond donors (Lipinski definition) is 2. The van der Waals surface area contributed by atoms with Crippen LogP contribution in [0.5, 0.6) is 0 Å². The fraction of sp³-hybridized carbons (Fsp3) is 0.316. The SMILES string of the molecule is Cc1ocnc1C(=O)N[C@H](c1cnc2ccccc2c1)C1CC(O)C1. The van der Waals surface area contributed by atoms with Gasteiger partial charge in [0.25, 0.3) is 5.91 Å². The predicted molar refractivity (Wildman–Crippen MR) is 91.9 cm³/mol. The number of hydrogen-bond acceptors (Lipinski definition) is 5. The summed E-state index contributed by atoms with van der Waals surface area (Å²) in [5, 5.41) is 13.8. The van der Waals surface area contributed by atoms with Crippen molar-refractivity contribution in [2.75, 3.05) is 0 Å². The molecule has 1 fully saturated rings. The molecule has 2 heterocycles. The Balaban J connectivity index is 1.65. The number of aromatic nitrogens is 2. The number of nitrogens with zero attached hydrogens (tertiary/aromatic N) is 2. The molecule has 4 rings (SSSR count). The van der Waals surface area contributed by atoms with E-state index in [-0.39, 0.29) is 24.0 Å². The molecule has 1 aliphatic carbocycles. The Morgan fingerprint density at radius 3 is 2.84 bits per heavy atom. The number of rotatable bonds is 4. The van der Waals surface area contributed by atoms with Crippen molar-refractivity contribution in [1.29, 1.82) is 0 Å². The molecule has 0 unspecified atom stereocenters. The Morgan fingerprint density at radius 1 is 1.32 bits per heavy atom. The van der Waals surface area contributed by atoms with Gasteiger partial charge in [-0.3, -0.25) is 9.78 Å². The molecule has 1 amide bonds. The van der Waals surface area contributed by atoms with E-state index in [0.717, 1.165) is 16.5 Å². The van der Waals surface area contributed by atoms with E-state index in [1.54, 1.807) is 13.1 Å². The zero-order valence-corrected chi connectivity index (χ0v) is 13.8. The molecule has 128 valence electrons.